The van der Waals surface area contributed by atoms with Crippen molar-refractivity contribution in [1.82, 2.24) is 5.32 Å². The Morgan fingerprint density at radius 1 is 1.28 bits per heavy atom. The van der Waals surface area contributed by atoms with E-state index in [1.807, 2.05) is 0 Å². The monoisotopic (exact) mass is 253 g/mol. The molecule has 0 radical (unpaired) electrons. The summed E-state index contributed by atoms with van der Waals surface area (Å²) in [5, 5.41) is 3.23. The highest BCUT2D eigenvalue weighted by Gasteiger charge is 2.35. The van der Waals surface area contributed by atoms with E-state index in [1.54, 1.807) is 0 Å². The number of carbonyl (C=O) groups excluding carboxylic acids is 1. The van der Waals surface area contributed by atoms with Crippen LogP contribution in [0.3, 0.4) is 0 Å². The van der Waals surface area contributed by atoms with Crippen LogP contribution in [0.1, 0.15) is 52.9 Å². The van der Waals surface area contributed by atoms with E-state index in [0.717, 1.165) is 25.8 Å². The first-order valence-corrected chi connectivity index (χ1v) is 7.51. The third-order valence-electron chi connectivity index (χ3n) is 4.57. The van der Waals surface area contributed by atoms with E-state index in [1.165, 1.54) is 12.8 Å². The second kappa shape index (κ2) is 6.05. The molecule has 4 atom stereocenters. The summed E-state index contributed by atoms with van der Waals surface area (Å²) in [6.07, 6.45) is 5.69. The number of carbonyl (C=O) groups is 1. The van der Waals surface area contributed by atoms with Crippen LogP contribution in [0.5, 0.6) is 0 Å². The van der Waals surface area contributed by atoms with Gasteiger partial charge in [-0.2, -0.15) is 0 Å². The highest BCUT2D eigenvalue weighted by atomic mass is 16.5. The van der Waals surface area contributed by atoms with Gasteiger partial charge >= 0.3 is 5.97 Å². The maximum Gasteiger partial charge on any atom is 0.323 e. The van der Waals surface area contributed by atoms with Crippen LogP contribution in [-0.4, -0.2) is 24.7 Å². The Bertz CT molecular complexity index is 284. The molecule has 2 aliphatic rings. The fraction of sp³-hybridized carbons (Fsp3) is 0.933. The topological polar surface area (TPSA) is 38.3 Å². The second-order valence-electron chi connectivity index (χ2n) is 6.45. The number of hydrogen-bond donors (Lipinski definition) is 1. The van der Waals surface area contributed by atoms with Gasteiger partial charge in [0, 0.05) is 0 Å². The standard InChI is InChI=1S/C15H27NO2/c1-10(2)12-7-6-11(3)9-14(12)18-15(17)13-5-4-8-16-13/h10-14,16H,4-9H2,1-3H3. The summed E-state index contributed by atoms with van der Waals surface area (Å²) in [4.78, 5) is 12.1. The normalized spacial score (nSPS) is 36.9. The van der Waals surface area contributed by atoms with Crippen molar-refractivity contribution in [2.45, 2.75) is 65.0 Å². The molecule has 1 aliphatic carbocycles. The molecule has 2 rings (SSSR count). The van der Waals surface area contributed by atoms with Gasteiger partial charge in [-0.05, 0) is 50.0 Å². The molecule has 0 bridgehead atoms. The molecule has 1 saturated carbocycles. The van der Waals surface area contributed by atoms with Crippen LogP contribution >= 0.6 is 0 Å². The maximum atomic E-state index is 12.1. The van der Waals surface area contributed by atoms with Crippen molar-refractivity contribution in [2.24, 2.45) is 17.8 Å². The maximum absolute atomic E-state index is 12.1. The number of nitrogens with one attached hydrogen (secondary N) is 1. The Kier molecular flexibility index (Phi) is 4.66. The highest BCUT2D eigenvalue weighted by Crippen LogP contribution is 2.35. The van der Waals surface area contributed by atoms with Crippen LogP contribution < -0.4 is 5.32 Å². The minimum Gasteiger partial charge on any atom is -0.461 e. The molecular weight excluding hydrogens is 226 g/mol. The average Bonchev–Trinajstić information content (AvgIpc) is 2.81. The van der Waals surface area contributed by atoms with Gasteiger partial charge in [0.05, 0.1) is 0 Å². The van der Waals surface area contributed by atoms with E-state index in [2.05, 4.69) is 26.1 Å². The molecular formula is C15H27NO2. The molecule has 0 aromatic rings. The molecule has 1 saturated heterocycles. The second-order valence-corrected chi connectivity index (χ2v) is 6.45. The van der Waals surface area contributed by atoms with Crippen LogP contribution in [-0.2, 0) is 9.53 Å². The van der Waals surface area contributed by atoms with Gasteiger partial charge in [-0.15, -0.1) is 0 Å². The molecule has 2 fully saturated rings. The van der Waals surface area contributed by atoms with Gasteiger partial charge < -0.3 is 10.1 Å². The van der Waals surface area contributed by atoms with E-state index < -0.39 is 0 Å². The molecule has 104 valence electrons. The number of rotatable bonds is 3. The molecule has 3 nitrogen and oxygen atoms in total. The first-order valence-electron chi connectivity index (χ1n) is 7.51. The molecule has 1 aliphatic heterocycles. The van der Waals surface area contributed by atoms with Gasteiger partial charge in [0.1, 0.15) is 12.1 Å². The van der Waals surface area contributed by atoms with E-state index >= 15 is 0 Å². The first-order chi connectivity index (χ1) is 8.58. The summed E-state index contributed by atoms with van der Waals surface area (Å²) in [6, 6.07) is -0.0463. The first kappa shape index (κ1) is 13.9. The minimum atomic E-state index is -0.0463. The van der Waals surface area contributed by atoms with E-state index in [-0.39, 0.29) is 18.1 Å². The predicted molar refractivity (Wildman–Crippen MR) is 72.2 cm³/mol. The van der Waals surface area contributed by atoms with E-state index in [4.69, 9.17) is 4.74 Å². The lowest BCUT2D eigenvalue weighted by Crippen LogP contribution is -2.40. The van der Waals surface area contributed by atoms with Crippen molar-refractivity contribution in [2.75, 3.05) is 6.54 Å². The highest BCUT2D eigenvalue weighted by molar-refractivity contribution is 5.76. The molecule has 0 spiro atoms. The van der Waals surface area contributed by atoms with E-state index in [9.17, 15) is 4.79 Å². The summed E-state index contributed by atoms with van der Waals surface area (Å²) in [7, 11) is 0. The fourth-order valence-electron chi connectivity index (χ4n) is 3.37. The molecule has 0 aromatic heterocycles. The molecule has 3 heteroatoms. The Labute approximate surface area is 111 Å². The smallest absolute Gasteiger partial charge is 0.323 e. The van der Waals surface area contributed by atoms with Crippen LogP contribution in [0, 0.1) is 17.8 Å². The van der Waals surface area contributed by atoms with Crippen molar-refractivity contribution in [3.63, 3.8) is 0 Å². The van der Waals surface area contributed by atoms with Gasteiger partial charge in [0.15, 0.2) is 0 Å². The molecule has 1 heterocycles. The average molecular weight is 253 g/mol. The lowest BCUT2D eigenvalue weighted by Gasteiger charge is -2.37. The molecule has 0 amide bonds. The van der Waals surface area contributed by atoms with Gasteiger partial charge in [0.25, 0.3) is 0 Å². The summed E-state index contributed by atoms with van der Waals surface area (Å²) >= 11 is 0. The van der Waals surface area contributed by atoms with Gasteiger partial charge in [-0.25, -0.2) is 0 Å². The molecule has 18 heavy (non-hydrogen) atoms. The third kappa shape index (κ3) is 3.25. The van der Waals surface area contributed by atoms with Crippen molar-refractivity contribution < 1.29 is 9.53 Å². The Balaban J connectivity index is 1.93. The lowest BCUT2D eigenvalue weighted by molar-refractivity contribution is -0.158. The van der Waals surface area contributed by atoms with Crippen molar-refractivity contribution in [1.29, 1.82) is 0 Å². The number of ether oxygens (including phenoxy) is 1. The SMILES string of the molecule is CC1CCC(C(C)C)C(OC(=O)C2CCCN2)C1. The summed E-state index contributed by atoms with van der Waals surface area (Å²) < 4.78 is 5.82. The van der Waals surface area contributed by atoms with Crippen LogP contribution in [0.25, 0.3) is 0 Å². The van der Waals surface area contributed by atoms with Crippen molar-refractivity contribution in [3.05, 3.63) is 0 Å². The van der Waals surface area contributed by atoms with E-state index in [0.29, 0.717) is 17.8 Å². The quantitative estimate of drug-likeness (QED) is 0.786. The zero-order valence-corrected chi connectivity index (χ0v) is 11.9. The van der Waals surface area contributed by atoms with Crippen LogP contribution in [0.4, 0.5) is 0 Å². The van der Waals surface area contributed by atoms with Gasteiger partial charge in [-0.3, -0.25) is 4.79 Å². The molecule has 1 N–H and O–H groups in total. The largest absolute Gasteiger partial charge is 0.461 e. The van der Waals surface area contributed by atoms with Crippen molar-refractivity contribution >= 4 is 5.97 Å². The predicted octanol–water partition coefficient (Wildman–Crippen LogP) is 2.74. The van der Waals surface area contributed by atoms with Gasteiger partial charge in [-0.1, -0.05) is 27.2 Å². The third-order valence-corrected chi connectivity index (χ3v) is 4.57. The Hall–Kier alpha value is -0.570. The zero-order valence-electron chi connectivity index (χ0n) is 11.9. The van der Waals surface area contributed by atoms with Crippen molar-refractivity contribution in [3.8, 4) is 0 Å². The Morgan fingerprint density at radius 3 is 2.67 bits per heavy atom. The zero-order chi connectivity index (χ0) is 13.1. The minimum absolute atomic E-state index is 0.0164. The van der Waals surface area contributed by atoms with Crippen LogP contribution in [0.15, 0.2) is 0 Å². The fourth-order valence-corrected chi connectivity index (χ4v) is 3.37. The summed E-state index contributed by atoms with van der Waals surface area (Å²) in [5.74, 6) is 1.82. The summed E-state index contributed by atoms with van der Waals surface area (Å²) in [6.45, 7) is 7.71. The number of esters is 1. The molecule has 4 unspecified atom stereocenters. The lowest BCUT2D eigenvalue weighted by atomic mass is 9.75. The number of hydrogen-bond acceptors (Lipinski definition) is 3. The van der Waals surface area contributed by atoms with Gasteiger partial charge in [0.2, 0.25) is 0 Å². The molecule has 0 aromatic carbocycles. The Morgan fingerprint density at radius 2 is 2.06 bits per heavy atom. The van der Waals surface area contributed by atoms with Crippen LogP contribution in [0.2, 0.25) is 0 Å². The summed E-state index contributed by atoms with van der Waals surface area (Å²) in [5.41, 5.74) is 0.